The van der Waals surface area contributed by atoms with Gasteiger partial charge < -0.3 is 5.32 Å². The molecule has 1 saturated carbocycles. The first-order valence-corrected chi connectivity index (χ1v) is 5.54. The molecule has 1 amide bonds. The lowest BCUT2D eigenvalue weighted by molar-refractivity contribution is 0.0924. The summed E-state index contributed by atoms with van der Waals surface area (Å²) in [5.74, 6) is -0.242. The van der Waals surface area contributed by atoms with Crippen molar-refractivity contribution in [2.45, 2.75) is 31.2 Å². The van der Waals surface area contributed by atoms with Crippen molar-refractivity contribution in [1.29, 1.82) is 5.26 Å². The van der Waals surface area contributed by atoms with Crippen LogP contribution < -0.4 is 5.32 Å². The molecule has 1 aromatic heterocycles. The smallest absolute Gasteiger partial charge is 0.265 e. The standard InChI is InChI=1S/C9H10N4OS/c10-6-9(3-1-2-4-9)12-8(14)7-5-11-13-15-7/h5H,1-4H2,(H,12,14). The van der Waals surface area contributed by atoms with Crippen molar-refractivity contribution < 1.29 is 4.79 Å². The quantitative estimate of drug-likeness (QED) is 0.812. The number of hydrogen-bond acceptors (Lipinski definition) is 5. The molecule has 5 nitrogen and oxygen atoms in total. The Kier molecular flexibility index (Phi) is 2.64. The van der Waals surface area contributed by atoms with Gasteiger partial charge in [0.15, 0.2) is 0 Å². The second-order valence-corrected chi connectivity index (χ2v) is 4.42. The highest BCUT2D eigenvalue weighted by atomic mass is 32.1. The minimum absolute atomic E-state index is 0.242. The van der Waals surface area contributed by atoms with Crippen LogP contribution in [0.1, 0.15) is 35.4 Å². The van der Waals surface area contributed by atoms with E-state index in [0.717, 1.165) is 37.2 Å². The molecule has 2 rings (SSSR count). The van der Waals surface area contributed by atoms with Crippen LogP contribution in [0.2, 0.25) is 0 Å². The third kappa shape index (κ3) is 1.97. The summed E-state index contributed by atoms with van der Waals surface area (Å²) in [4.78, 5) is 12.1. The van der Waals surface area contributed by atoms with Gasteiger partial charge in [0.25, 0.3) is 5.91 Å². The fourth-order valence-corrected chi connectivity index (χ4v) is 2.20. The molecule has 1 aliphatic carbocycles. The fraction of sp³-hybridized carbons (Fsp3) is 0.556. The maximum absolute atomic E-state index is 11.7. The van der Waals surface area contributed by atoms with Gasteiger partial charge in [0.05, 0.1) is 12.3 Å². The maximum atomic E-state index is 11.7. The summed E-state index contributed by atoms with van der Waals surface area (Å²) in [6, 6.07) is 2.20. The molecule has 1 aliphatic rings. The van der Waals surface area contributed by atoms with Gasteiger partial charge >= 0.3 is 0 Å². The van der Waals surface area contributed by atoms with Crippen LogP contribution in [0, 0.1) is 11.3 Å². The van der Waals surface area contributed by atoms with Crippen molar-refractivity contribution in [2.75, 3.05) is 0 Å². The Balaban J connectivity index is 2.08. The lowest BCUT2D eigenvalue weighted by Crippen LogP contribution is -2.44. The van der Waals surface area contributed by atoms with Gasteiger partial charge in [0.2, 0.25) is 0 Å². The van der Waals surface area contributed by atoms with Gasteiger partial charge in [-0.2, -0.15) is 5.26 Å². The molecular weight excluding hydrogens is 212 g/mol. The molecule has 1 heterocycles. The first-order chi connectivity index (χ1) is 7.26. The zero-order valence-electron chi connectivity index (χ0n) is 8.06. The van der Waals surface area contributed by atoms with E-state index in [1.165, 1.54) is 6.20 Å². The maximum Gasteiger partial charge on any atom is 0.265 e. The molecule has 15 heavy (non-hydrogen) atoms. The number of nitriles is 1. The molecule has 0 saturated heterocycles. The second-order valence-electron chi connectivity index (χ2n) is 3.64. The summed E-state index contributed by atoms with van der Waals surface area (Å²) < 4.78 is 3.61. The number of hydrogen-bond donors (Lipinski definition) is 1. The van der Waals surface area contributed by atoms with Crippen molar-refractivity contribution in [2.24, 2.45) is 0 Å². The summed E-state index contributed by atoms with van der Waals surface area (Å²) in [6.45, 7) is 0. The molecule has 1 fully saturated rings. The van der Waals surface area contributed by atoms with Crippen molar-refractivity contribution >= 4 is 17.4 Å². The van der Waals surface area contributed by atoms with Crippen LogP contribution in [-0.2, 0) is 0 Å². The number of nitrogens with one attached hydrogen (secondary N) is 1. The molecule has 0 radical (unpaired) electrons. The van der Waals surface area contributed by atoms with Crippen LogP contribution >= 0.6 is 11.5 Å². The topological polar surface area (TPSA) is 78.7 Å². The molecule has 0 aliphatic heterocycles. The lowest BCUT2D eigenvalue weighted by atomic mass is 10.00. The Hall–Kier alpha value is -1.48. The van der Waals surface area contributed by atoms with Crippen LogP contribution in [0.3, 0.4) is 0 Å². The number of carbonyl (C=O) groups excluding carboxylic acids is 1. The molecule has 0 spiro atoms. The molecule has 0 atom stereocenters. The Morgan fingerprint density at radius 3 is 2.87 bits per heavy atom. The van der Waals surface area contributed by atoms with Crippen LogP contribution in [-0.4, -0.2) is 21.0 Å². The highest BCUT2D eigenvalue weighted by Gasteiger charge is 2.35. The number of carbonyl (C=O) groups is 1. The van der Waals surface area contributed by atoms with Gasteiger partial charge in [0, 0.05) is 0 Å². The van der Waals surface area contributed by atoms with E-state index in [1.807, 2.05) is 0 Å². The van der Waals surface area contributed by atoms with Crippen molar-refractivity contribution in [3.8, 4) is 6.07 Å². The summed E-state index contributed by atoms with van der Waals surface area (Å²) in [5.41, 5.74) is -0.666. The normalized spacial score (nSPS) is 18.3. The average Bonchev–Trinajstić information content (AvgIpc) is 2.88. The zero-order chi connectivity index (χ0) is 10.7. The Labute approximate surface area is 91.3 Å². The van der Waals surface area contributed by atoms with E-state index < -0.39 is 5.54 Å². The average molecular weight is 222 g/mol. The van der Waals surface area contributed by atoms with Gasteiger partial charge in [-0.3, -0.25) is 4.79 Å². The molecule has 0 bridgehead atoms. The van der Waals surface area contributed by atoms with Crippen LogP contribution in [0.4, 0.5) is 0 Å². The Morgan fingerprint density at radius 2 is 2.33 bits per heavy atom. The van der Waals surface area contributed by atoms with E-state index in [-0.39, 0.29) is 5.91 Å². The van der Waals surface area contributed by atoms with Crippen LogP contribution in [0.15, 0.2) is 6.20 Å². The van der Waals surface area contributed by atoms with E-state index in [0.29, 0.717) is 4.88 Å². The Bertz CT molecular complexity index is 389. The second kappa shape index (κ2) is 3.95. The third-order valence-electron chi connectivity index (χ3n) is 2.61. The van der Waals surface area contributed by atoms with Gasteiger partial charge in [0.1, 0.15) is 10.4 Å². The summed E-state index contributed by atoms with van der Waals surface area (Å²) in [7, 11) is 0. The van der Waals surface area contributed by atoms with Crippen molar-refractivity contribution in [1.82, 2.24) is 14.9 Å². The van der Waals surface area contributed by atoms with Gasteiger partial charge in [-0.05, 0) is 37.2 Å². The van der Waals surface area contributed by atoms with Gasteiger partial charge in [-0.1, -0.05) is 4.49 Å². The Morgan fingerprint density at radius 1 is 1.60 bits per heavy atom. The highest BCUT2D eigenvalue weighted by Crippen LogP contribution is 2.29. The highest BCUT2D eigenvalue weighted by molar-refractivity contribution is 7.07. The fourth-order valence-electron chi connectivity index (χ4n) is 1.79. The summed E-state index contributed by atoms with van der Waals surface area (Å²) in [6.07, 6.45) is 4.88. The van der Waals surface area contributed by atoms with Crippen LogP contribution in [0.5, 0.6) is 0 Å². The van der Waals surface area contributed by atoms with Gasteiger partial charge in [-0.15, -0.1) is 5.10 Å². The van der Waals surface area contributed by atoms with Crippen molar-refractivity contribution in [3.63, 3.8) is 0 Å². The minimum atomic E-state index is -0.666. The van der Waals surface area contributed by atoms with E-state index in [2.05, 4.69) is 21.0 Å². The number of nitrogens with zero attached hydrogens (tertiary/aromatic N) is 3. The van der Waals surface area contributed by atoms with Gasteiger partial charge in [-0.25, -0.2) is 0 Å². The van der Waals surface area contributed by atoms with E-state index in [4.69, 9.17) is 5.26 Å². The lowest BCUT2D eigenvalue weighted by Gasteiger charge is -2.20. The SMILES string of the molecule is N#CC1(NC(=O)c2cnns2)CCCC1. The molecule has 78 valence electrons. The number of amides is 1. The van der Waals surface area contributed by atoms with E-state index >= 15 is 0 Å². The predicted molar refractivity (Wildman–Crippen MR) is 54.2 cm³/mol. The van der Waals surface area contributed by atoms with Crippen molar-refractivity contribution in [3.05, 3.63) is 11.1 Å². The van der Waals surface area contributed by atoms with E-state index in [9.17, 15) is 4.79 Å². The van der Waals surface area contributed by atoms with E-state index in [1.54, 1.807) is 0 Å². The van der Waals surface area contributed by atoms with Crippen LogP contribution in [0.25, 0.3) is 0 Å². The largest absolute Gasteiger partial charge is 0.333 e. The number of rotatable bonds is 2. The molecule has 1 N–H and O–H groups in total. The molecular formula is C9H10N4OS. The summed E-state index contributed by atoms with van der Waals surface area (Å²) in [5, 5.41) is 15.4. The molecule has 1 aromatic rings. The molecule has 0 aromatic carbocycles. The minimum Gasteiger partial charge on any atom is -0.333 e. The zero-order valence-corrected chi connectivity index (χ0v) is 8.88. The summed E-state index contributed by atoms with van der Waals surface area (Å²) >= 11 is 1.04. The number of aromatic nitrogens is 2. The first kappa shape index (κ1) is 10.1. The molecule has 6 heteroatoms. The monoisotopic (exact) mass is 222 g/mol. The third-order valence-corrected chi connectivity index (χ3v) is 3.27. The molecule has 0 unspecified atom stereocenters. The first-order valence-electron chi connectivity index (χ1n) is 4.77. The predicted octanol–water partition coefficient (Wildman–Crippen LogP) is 1.10.